The van der Waals surface area contributed by atoms with Crippen LogP contribution >= 0.6 is 12.4 Å². The SMILES string of the molecule is COC(=O)[C@@]1(c2ccc(F)c(F)c2)CCN[C@@H](C)C1.Cl. The Bertz CT molecular complexity index is 498. The molecule has 0 radical (unpaired) electrons. The van der Waals surface area contributed by atoms with Crippen molar-refractivity contribution in [2.75, 3.05) is 13.7 Å². The summed E-state index contributed by atoms with van der Waals surface area (Å²) in [6.45, 7) is 2.59. The molecule has 1 aromatic carbocycles. The maximum Gasteiger partial charge on any atom is 0.316 e. The standard InChI is InChI=1S/C14H17F2NO2.ClH/c1-9-8-14(5-6-17-9,13(18)19-2)10-3-4-11(15)12(16)7-10;/h3-4,7,9,17H,5-6,8H2,1-2H3;1H/t9-,14-;/m0./s1. The number of hydrogen-bond acceptors (Lipinski definition) is 3. The largest absolute Gasteiger partial charge is 0.468 e. The zero-order valence-electron chi connectivity index (χ0n) is 11.4. The Morgan fingerprint density at radius 3 is 2.65 bits per heavy atom. The molecule has 0 amide bonds. The lowest BCUT2D eigenvalue weighted by molar-refractivity contribution is -0.149. The molecular weight excluding hydrogens is 288 g/mol. The van der Waals surface area contributed by atoms with Gasteiger partial charge in [-0.05, 0) is 44.0 Å². The second-order valence-corrected chi connectivity index (χ2v) is 5.01. The van der Waals surface area contributed by atoms with Crippen LogP contribution in [0.1, 0.15) is 25.3 Å². The average molecular weight is 306 g/mol. The van der Waals surface area contributed by atoms with Crippen LogP contribution in [0.15, 0.2) is 18.2 Å². The van der Waals surface area contributed by atoms with Gasteiger partial charge in [-0.1, -0.05) is 6.07 Å². The lowest BCUT2D eigenvalue weighted by Gasteiger charge is -2.38. The highest BCUT2D eigenvalue weighted by molar-refractivity contribution is 5.85. The van der Waals surface area contributed by atoms with Crippen LogP contribution in [-0.4, -0.2) is 25.7 Å². The van der Waals surface area contributed by atoms with Gasteiger partial charge in [0.15, 0.2) is 11.6 Å². The maximum atomic E-state index is 13.4. The number of rotatable bonds is 2. The van der Waals surface area contributed by atoms with Gasteiger partial charge in [0, 0.05) is 6.04 Å². The third-order valence-electron chi connectivity index (χ3n) is 3.75. The summed E-state index contributed by atoms with van der Waals surface area (Å²) in [6, 6.07) is 3.74. The van der Waals surface area contributed by atoms with Gasteiger partial charge in [0.05, 0.1) is 12.5 Å². The highest BCUT2D eigenvalue weighted by Crippen LogP contribution is 2.37. The summed E-state index contributed by atoms with van der Waals surface area (Å²) in [5.41, 5.74) is -0.417. The molecule has 1 fully saturated rings. The van der Waals surface area contributed by atoms with Gasteiger partial charge in [-0.25, -0.2) is 8.78 Å². The van der Waals surface area contributed by atoms with Crippen LogP contribution in [0.3, 0.4) is 0 Å². The Kier molecular flexibility index (Phi) is 5.48. The van der Waals surface area contributed by atoms with E-state index in [0.717, 1.165) is 12.1 Å². The minimum atomic E-state index is -0.938. The Balaban J connectivity index is 0.00000200. The number of nitrogens with one attached hydrogen (secondary N) is 1. The topological polar surface area (TPSA) is 38.3 Å². The fraction of sp³-hybridized carbons (Fsp3) is 0.500. The first kappa shape index (κ1) is 16.9. The van der Waals surface area contributed by atoms with Crippen molar-refractivity contribution in [3.63, 3.8) is 0 Å². The highest BCUT2D eigenvalue weighted by atomic mass is 35.5. The molecule has 3 nitrogen and oxygen atoms in total. The average Bonchev–Trinajstić information content (AvgIpc) is 2.40. The normalized spacial score (nSPS) is 25.7. The summed E-state index contributed by atoms with van der Waals surface area (Å²) >= 11 is 0. The fourth-order valence-corrected chi connectivity index (χ4v) is 2.78. The first-order valence-electron chi connectivity index (χ1n) is 6.27. The summed E-state index contributed by atoms with van der Waals surface area (Å²) < 4.78 is 31.4. The van der Waals surface area contributed by atoms with Crippen LogP contribution < -0.4 is 5.32 Å². The monoisotopic (exact) mass is 305 g/mol. The predicted molar refractivity (Wildman–Crippen MR) is 74.0 cm³/mol. The summed E-state index contributed by atoms with van der Waals surface area (Å²) in [6.07, 6.45) is 1.01. The predicted octanol–water partition coefficient (Wildman–Crippen LogP) is 2.57. The van der Waals surface area contributed by atoms with E-state index in [4.69, 9.17) is 4.74 Å². The molecule has 2 rings (SSSR count). The van der Waals surface area contributed by atoms with Crippen molar-refractivity contribution in [1.29, 1.82) is 0 Å². The molecule has 0 aromatic heterocycles. The van der Waals surface area contributed by atoms with Gasteiger partial charge < -0.3 is 10.1 Å². The number of ether oxygens (including phenoxy) is 1. The van der Waals surface area contributed by atoms with Crippen molar-refractivity contribution < 1.29 is 18.3 Å². The molecule has 112 valence electrons. The number of esters is 1. The molecule has 1 N–H and O–H groups in total. The van der Waals surface area contributed by atoms with Gasteiger partial charge in [0.1, 0.15) is 0 Å². The molecule has 0 aliphatic carbocycles. The number of carbonyl (C=O) groups excluding carboxylic acids is 1. The molecular formula is C14H18ClF2NO2. The molecule has 1 aliphatic heterocycles. The quantitative estimate of drug-likeness (QED) is 0.854. The van der Waals surface area contributed by atoms with E-state index in [2.05, 4.69) is 5.32 Å². The Morgan fingerprint density at radius 1 is 1.40 bits per heavy atom. The van der Waals surface area contributed by atoms with Crippen molar-refractivity contribution in [2.45, 2.75) is 31.2 Å². The van der Waals surface area contributed by atoms with Crippen molar-refractivity contribution in [1.82, 2.24) is 5.32 Å². The van der Waals surface area contributed by atoms with Gasteiger partial charge in [0.2, 0.25) is 0 Å². The van der Waals surface area contributed by atoms with E-state index >= 15 is 0 Å². The Morgan fingerprint density at radius 2 is 2.10 bits per heavy atom. The van der Waals surface area contributed by atoms with E-state index in [9.17, 15) is 13.6 Å². The highest BCUT2D eigenvalue weighted by Gasteiger charge is 2.44. The Hall–Kier alpha value is -1.20. The van der Waals surface area contributed by atoms with Crippen molar-refractivity contribution >= 4 is 18.4 Å². The van der Waals surface area contributed by atoms with E-state index in [1.165, 1.54) is 13.2 Å². The molecule has 0 bridgehead atoms. The molecule has 1 aromatic rings. The van der Waals surface area contributed by atoms with Crippen LogP contribution in [0.2, 0.25) is 0 Å². The summed E-state index contributed by atoms with van der Waals surface area (Å²) in [4.78, 5) is 12.2. The minimum Gasteiger partial charge on any atom is -0.468 e. The summed E-state index contributed by atoms with van der Waals surface area (Å²) in [7, 11) is 1.32. The summed E-state index contributed by atoms with van der Waals surface area (Å²) in [5, 5.41) is 3.24. The van der Waals surface area contributed by atoms with E-state index < -0.39 is 23.0 Å². The second kappa shape index (κ2) is 6.50. The van der Waals surface area contributed by atoms with E-state index in [0.29, 0.717) is 24.9 Å². The van der Waals surface area contributed by atoms with Gasteiger partial charge in [-0.2, -0.15) is 0 Å². The number of benzene rings is 1. The van der Waals surface area contributed by atoms with Crippen LogP contribution in [-0.2, 0) is 14.9 Å². The van der Waals surface area contributed by atoms with Gasteiger partial charge in [0.25, 0.3) is 0 Å². The van der Waals surface area contributed by atoms with E-state index in [-0.39, 0.29) is 18.4 Å². The first-order chi connectivity index (χ1) is 8.99. The molecule has 0 unspecified atom stereocenters. The van der Waals surface area contributed by atoms with Gasteiger partial charge in [-0.15, -0.1) is 12.4 Å². The smallest absolute Gasteiger partial charge is 0.316 e. The van der Waals surface area contributed by atoms with E-state index in [1.807, 2.05) is 6.92 Å². The number of hydrogen-bond donors (Lipinski definition) is 1. The zero-order chi connectivity index (χ0) is 14.0. The lowest BCUT2D eigenvalue weighted by atomic mass is 9.71. The van der Waals surface area contributed by atoms with Crippen LogP contribution in [0, 0.1) is 11.6 Å². The fourth-order valence-electron chi connectivity index (χ4n) is 2.78. The Labute approximate surface area is 123 Å². The molecule has 6 heteroatoms. The molecule has 1 saturated heterocycles. The molecule has 20 heavy (non-hydrogen) atoms. The van der Waals surface area contributed by atoms with Crippen molar-refractivity contribution in [3.8, 4) is 0 Å². The number of piperidine rings is 1. The van der Waals surface area contributed by atoms with Crippen LogP contribution in [0.4, 0.5) is 8.78 Å². The van der Waals surface area contributed by atoms with Crippen molar-refractivity contribution in [3.05, 3.63) is 35.4 Å². The maximum absolute atomic E-state index is 13.4. The minimum absolute atomic E-state index is 0. The molecule has 0 spiro atoms. The van der Waals surface area contributed by atoms with Gasteiger partial charge in [-0.3, -0.25) is 4.79 Å². The third-order valence-corrected chi connectivity index (χ3v) is 3.75. The lowest BCUT2D eigenvalue weighted by Crippen LogP contribution is -2.50. The zero-order valence-corrected chi connectivity index (χ0v) is 12.2. The number of methoxy groups -OCH3 is 1. The number of halogens is 3. The van der Waals surface area contributed by atoms with Gasteiger partial charge >= 0.3 is 5.97 Å². The third kappa shape index (κ3) is 2.94. The van der Waals surface area contributed by atoms with Crippen LogP contribution in [0.5, 0.6) is 0 Å². The molecule has 2 atom stereocenters. The van der Waals surface area contributed by atoms with E-state index in [1.54, 1.807) is 0 Å². The molecule has 1 heterocycles. The molecule has 0 saturated carbocycles. The first-order valence-corrected chi connectivity index (χ1v) is 6.27. The number of carbonyl (C=O) groups is 1. The second-order valence-electron chi connectivity index (χ2n) is 5.01. The molecule has 1 aliphatic rings. The van der Waals surface area contributed by atoms with Crippen molar-refractivity contribution in [2.24, 2.45) is 0 Å². The summed E-state index contributed by atoms with van der Waals surface area (Å²) in [5.74, 6) is -2.25. The van der Waals surface area contributed by atoms with Crippen LogP contribution in [0.25, 0.3) is 0 Å².